The molecule has 2 aromatic heterocycles. The fraction of sp³-hybridized carbons (Fsp3) is 0.133. The molecule has 0 unspecified atom stereocenters. The Kier molecular flexibility index (Phi) is 3.32. The summed E-state index contributed by atoms with van der Waals surface area (Å²) in [4.78, 5) is 7.15. The normalized spacial score (nSPS) is 10.5. The number of ether oxygens (including phenoxy) is 1. The molecule has 0 saturated carbocycles. The van der Waals surface area contributed by atoms with Gasteiger partial charge >= 0.3 is 0 Å². The first-order valence-corrected chi connectivity index (χ1v) is 6.25. The number of H-pyrrole nitrogens is 1. The van der Waals surface area contributed by atoms with Crippen molar-refractivity contribution in [2.24, 2.45) is 0 Å². The van der Waals surface area contributed by atoms with E-state index in [9.17, 15) is 0 Å². The molecule has 19 heavy (non-hydrogen) atoms. The van der Waals surface area contributed by atoms with Gasteiger partial charge in [-0.3, -0.25) is 0 Å². The van der Waals surface area contributed by atoms with Crippen LogP contribution in [0.15, 0.2) is 61.3 Å². The van der Waals surface area contributed by atoms with E-state index >= 15 is 0 Å². The first kappa shape index (κ1) is 11.6. The summed E-state index contributed by atoms with van der Waals surface area (Å²) < 4.78 is 7.96. The molecule has 3 aromatic rings. The van der Waals surface area contributed by atoms with E-state index in [-0.39, 0.29) is 0 Å². The molecule has 3 rings (SSSR count). The first-order valence-electron chi connectivity index (χ1n) is 6.25. The van der Waals surface area contributed by atoms with Crippen LogP contribution in [0.4, 0.5) is 0 Å². The summed E-state index contributed by atoms with van der Waals surface area (Å²) in [5.41, 5.74) is 2.00. The highest BCUT2D eigenvalue weighted by Gasteiger charge is 2.06. The minimum absolute atomic E-state index is 0.639. The first-order chi connectivity index (χ1) is 9.43. The Hall–Kier alpha value is -2.49. The summed E-state index contributed by atoms with van der Waals surface area (Å²) in [6, 6.07) is 12.0. The number of benzene rings is 1. The zero-order valence-electron chi connectivity index (χ0n) is 10.5. The number of imidazole rings is 1. The van der Waals surface area contributed by atoms with E-state index in [2.05, 4.69) is 14.5 Å². The predicted octanol–water partition coefficient (Wildman–Crippen LogP) is 2.96. The number of aromatic amines is 1. The third-order valence-electron chi connectivity index (χ3n) is 2.95. The molecule has 0 bridgehead atoms. The summed E-state index contributed by atoms with van der Waals surface area (Å²) in [6.45, 7) is 1.48. The maximum atomic E-state index is 5.87. The zero-order chi connectivity index (χ0) is 12.9. The average Bonchev–Trinajstić information content (AvgIpc) is 3.12. The van der Waals surface area contributed by atoms with Crippen LogP contribution in [-0.2, 0) is 6.54 Å². The summed E-state index contributed by atoms with van der Waals surface area (Å²) in [5, 5.41) is 0. The fourth-order valence-electron chi connectivity index (χ4n) is 2.00. The van der Waals surface area contributed by atoms with Gasteiger partial charge in [-0.05, 0) is 24.3 Å². The smallest absolute Gasteiger partial charge is 0.128 e. The molecule has 0 saturated heterocycles. The van der Waals surface area contributed by atoms with Crippen LogP contribution in [0, 0.1) is 0 Å². The van der Waals surface area contributed by atoms with Gasteiger partial charge in [0.2, 0.25) is 0 Å². The third kappa shape index (κ3) is 2.68. The maximum Gasteiger partial charge on any atom is 0.128 e. The van der Waals surface area contributed by atoms with E-state index in [0.29, 0.717) is 6.61 Å². The molecule has 0 amide bonds. The molecular weight excluding hydrogens is 238 g/mol. The molecule has 1 aromatic carbocycles. The highest BCUT2D eigenvalue weighted by molar-refractivity contribution is 5.66. The number of para-hydroxylation sites is 1. The van der Waals surface area contributed by atoms with Crippen LogP contribution < -0.4 is 4.74 Å². The maximum absolute atomic E-state index is 5.87. The molecule has 0 atom stereocenters. The highest BCUT2D eigenvalue weighted by Crippen LogP contribution is 2.27. The molecule has 96 valence electrons. The van der Waals surface area contributed by atoms with Gasteiger partial charge in [-0.1, -0.05) is 12.1 Å². The van der Waals surface area contributed by atoms with Gasteiger partial charge in [0.15, 0.2) is 0 Å². The number of hydrogen-bond acceptors (Lipinski definition) is 2. The molecule has 0 aliphatic heterocycles. The monoisotopic (exact) mass is 253 g/mol. The second-order valence-corrected chi connectivity index (χ2v) is 4.23. The average molecular weight is 253 g/mol. The zero-order valence-corrected chi connectivity index (χ0v) is 10.5. The minimum atomic E-state index is 0.639. The van der Waals surface area contributed by atoms with Gasteiger partial charge in [0.1, 0.15) is 12.4 Å². The van der Waals surface area contributed by atoms with Crippen molar-refractivity contribution in [3.8, 4) is 17.0 Å². The van der Waals surface area contributed by atoms with Crippen LogP contribution in [-0.4, -0.2) is 21.1 Å². The van der Waals surface area contributed by atoms with Gasteiger partial charge in [-0.2, -0.15) is 0 Å². The summed E-state index contributed by atoms with van der Waals surface area (Å²) in [5.74, 6) is 0.874. The minimum Gasteiger partial charge on any atom is -0.491 e. The van der Waals surface area contributed by atoms with E-state index in [0.717, 1.165) is 23.6 Å². The Labute approximate surface area is 111 Å². The van der Waals surface area contributed by atoms with E-state index in [1.165, 1.54) is 0 Å². The Morgan fingerprint density at radius 1 is 1.11 bits per heavy atom. The highest BCUT2D eigenvalue weighted by atomic mass is 16.5. The largest absolute Gasteiger partial charge is 0.491 e. The van der Waals surface area contributed by atoms with Crippen molar-refractivity contribution in [2.75, 3.05) is 6.61 Å². The molecule has 0 aliphatic carbocycles. The Bertz CT molecular complexity index is 615. The topological polar surface area (TPSA) is 42.8 Å². The number of hydrogen-bond donors (Lipinski definition) is 1. The van der Waals surface area contributed by atoms with Gasteiger partial charge < -0.3 is 14.3 Å². The molecular formula is C15H15N3O. The Morgan fingerprint density at radius 3 is 2.74 bits per heavy atom. The summed E-state index contributed by atoms with van der Waals surface area (Å²) >= 11 is 0. The van der Waals surface area contributed by atoms with E-state index < -0.39 is 0 Å². The third-order valence-corrected chi connectivity index (χ3v) is 2.95. The predicted molar refractivity (Wildman–Crippen MR) is 74.0 cm³/mol. The molecule has 0 aliphatic rings. The molecule has 4 nitrogen and oxygen atoms in total. The van der Waals surface area contributed by atoms with Crippen molar-refractivity contribution in [3.05, 3.63) is 61.3 Å². The van der Waals surface area contributed by atoms with E-state index in [1.54, 1.807) is 12.5 Å². The summed E-state index contributed by atoms with van der Waals surface area (Å²) in [6.07, 6.45) is 7.54. The molecule has 0 fully saturated rings. The lowest BCUT2D eigenvalue weighted by atomic mass is 10.1. The van der Waals surface area contributed by atoms with Crippen molar-refractivity contribution in [1.29, 1.82) is 0 Å². The molecule has 1 N–H and O–H groups in total. The van der Waals surface area contributed by atoms with Gasteiger partial charge in [0.25, 0.3) is 0 Å². The Balaban J connectivity index is 1.71. The van der Waals surface area contributed by atoms with E-state index in [1.807, 2.05) is 48.8 Å². The molecule has 0 spiro atoms. The Morgan fingerprint density at radius 2 is 1.95 bits per heavy atom. The number of aromatic nitrogens is 3. The fourth-order valence-corrected chi connectivity index (χ4v) is 2.00. The van der Waals surface area contributed by atoms with Gasteiger partial charge in [0, 0.05) is 18.0 Å². The van der Waals surface area contributed by atoms with Crippen molar-refractivity contribution in [1.82, 2.24) is 14.5 Å². The van der Waals surface area contributed by atoms with Crippen LogP contribution in [0.2, 0.25) is 0 Å². The molecule has 0 radical (unpaired) electrons. The van der Waals surface area contributed by atoms with Crippen LogP contribution in [0.3, 0.4) is 0 Å². The number of nitrogens with one attached hydrogen (secondary N) is 1. The summed E-state index contributed by atoms with van der Waals surface area (Å²) in [7, 11) is 0. The van der Waals surface area contributed by atoms with Crippen molar-refractivity contribution in [2.45, 2.75) is 6.54 Å². The van der Waals surface area contributed by atoms with Crippen molar-refractivity contribution in [3.63, 3.8) is 0 Å². The van der Waals surface area contributed by atoms with Crippen LogP contribution in [0.25, 0.3) is 11.3 Å². The van der Waals surface area contributed by atoms with Gasteiger partial charge in [-0.15, -0.1) is 0 Å². The lowest BCUT2D eigenvalue weighted by Gasteiger charge is -2.10. The van der Waals surface area contributed by atoms with Gasteiger partial charge in [-0.25, -0.2) is 4.98 Å². The molecule has 2 heterocycles. The number of nitrogens with zero attached hydrogens (tertiary/aromatic N) is 2. The number of rotatable bonds is 5. The van der Waals surface area contributed by atoms with Crippen LogP contribution in [0.1, 0.15) is 0 Å². The van der Waals surface area contributed by atoms with Crippen molar-refractivity contribution < 1.29 is 4.74 Å². The van der Waals surface area contributed by atoms with E-state index in [4.69, 9.17) is 4.74 Å². The van der Waals surface area contributed by atoms with Gasteiger partial charge in [0.05, 0.1) is 24.8 Å². The lowest BCUT2D eigenvalue weighted by molar-refractivity contribution is 0.299. The SMILES string of the molecule is c1ccc(-c2cnc[nH]2)c(OCCn2cccc2)c1. The standard InChI is InChI=1S/C15H15N3O/c1-2-6-15(13(5-1)14-11-16-12-17-14)19-10-9-18-7-3-4-8-18/h1-8,11-12H,9-10H2,(H,16,17). The van der Waals surface area contributed by atoms with Crippen LogP contribution >= 0.6 is 0 Å². The second-order valence-electron chi connectivity index (χ2n) is 4.23. The lowest BCUT2D eigenvalue weighted by Crippen LogP contribution is -2.06. The molecule has 4 heteroatoms. The van der Waals surface area contributed by atoms with Crippen molar-refractivity contribution >= 4 is 0 Å². The quantitative estimate of drug-likeness (QED) is 0.759. The van der Waals surface area contributed by atoms with Crippen LogP contribution in [0.5, 0.6) is 5.75 Å². The second kappa shape index (κ2) is 5.44.